The van der Waals surface area contributed by atoms with E-state index >= 15 is 0 Å². The van der Waals surface area contributed by atoms with Crippen molar-refractivity contribution in [1.82, 2.24) is 4.98 Å². The highest BCUT2D eigenvalue weighted by Crippen LogP contribution is 2.30. The second kappa shape index (κ2) is 8.71. The zero-order valence-corrected chi connectivity index (χ0v) is 16.9. The third-order valence-corrected chi connectivity index (χ3v) is 5.48. The first-order valence-corrected chi connectivity index (χ1v) is 10.4. The average molecular weight is 400 g/mol. The Morgan fingerprint density at radius 2 is 1.66 bits per heavy atom. The van der Waals surface area contributed by atoms with Crippen molar-refractivity contribution in [2.45, 2.75) is 13.3 Å². The van der Waals surface area contributed by atoms with E-state index in [9.17, 15) is 4.79 Å². The molecule has 0 atom stereocenters. The lowest BCUT2D eigenvalue weighted by molar-refractivity contribution is 0.262. The number of hydrogen-bond acceptors (Lipinski definition) is 3. The number of para-hydroxylation sites is 1. The third kappa shape index (κ3) is 4.52. The van der Waals surface area contributed by atoms with Crippen molar-refractivity contribution in [3.63, 3.8) is 0 Å². The van der Waals surface area contributed by atoms with Gasteiger partial charge in [0.25, 0.3) is 0 Å². The fraction of sp³-hybridized carbons (Fsp3) is 0.0833. The quantitative estimate of drug-likeness (QED) is 0.393. The van der Waals surface area contributed by atoms with Gasteiger partial charge in [-0.05, 0) is 30.2 Å². The molecule has 0 aliphatic rings. The van der Waals surface area contributed by atoms with Crippen LogP contribution in [-0.2, 0) is 6.42 Å². The Hall–Kier alpha value is -3.44. The number of thiazole rings is 1. The molecule has 0 saturated carbocycles. The van der Waals surface area contributed by atoms with E-state index in [0.717, 1.165) is 45.2 Å². The fourth-order valence-electron chi connectivity index (χ4n) is 3.11. The molecule has 2 N–H and O–H groups in total. The SMILES string of the molecule is CCc1ccccc1NC(=O)Nc1cccc(-c2csc(-c3ccccc3)n2)c1. The van der Waals surface area contributed by atoms with E-state index in [1.165, 1.54) is 0 Å². The van der Waals surface area contributed by atoms with E-state index < -0.39 is 0 Å². The van der Waals surface area contributed by atoms with Gasteiger partial charge in [0.1, 0.15) is 5.01 Å². The van der Waals surface area contributed by atoms with Crippen LogP contribution in [0.3, 0.4) is 0 Å². The highest BCUT2D eigenvalue weighted by molar-refractivity contribution is 7.13. The van der Waals surface area contributed by atoms with E-state index in [2.05, 4.69) is 29.7 Å². The molecule has 144 valence electrons. The van der Waals surface area contributed by atoms with Crippen molar-refractivity contribution in [2.75, 3.05) is 10.6 Å². The molecule has 0 saturated heterocycles. The van der Waals surface area contributed by atoms with Crippen molar-refractivity contribution in [3.8, 4) is 21.8 Å². The number of rotatable bonds is 5. The van der Waals surface area contributed by atoms with Crippen LogP contribution < -0.4 is 10.6 Å². The molecular formula is C24H21N3OS. The van der Waals surface area contributed by atoms with Crippen LogP contribution in [0.2, 0.25) is 0 Å². The first-order valence-electron chi connectivity index (χ1n) is 9.50. The van der Waals surface area contributed by atoms with E-state index in [1.807, 2.05) is 72.1 Å². The summed E-state index contributed by atoms with van der Waals surface area (Å²) in [5.41, 5.74) is 5.63. The van der Waals surface area contributed by atoms with Crippen LogP contribution in [0, 0.1) is 0 Å². The van der Waals surface area contributed by atoms with Crippen LogP contribution >= 0.6 is 11.3 Å². The summed E-state index contributed by atoms with van der Waals surface area (Å²) in [7, 11) is 0. The van der Waals surface area contributed by atoms with Crippen LogP contribution in [0.5, 0.6) is 0 Å². The summed E-state index contributed by atoms with van der Waals surface area (Å²) in [6, 6.07) is 25.4. The Balaban J connectivity index is 1.49. The first kappa shape index (κ1) is 18.9. The first-order chi connectivity index (χ1) is 14.2. The van der Waals surface area contributed by atoms with Gasteiger partial charge in [-0.2, -0.15) is 0 Å². The highest BCUT2D eigenvalue weighted by atomic mass is 32.1. The molecular weight excluding hydrogens is 378 g/mol. The Bertz CT molecular complexity index is 1120. The number of nitrogens with one attached hydrogen (secondary N) is 2. The number of carbonyl (C=O) groups is 1. The van der Waals surface area contributed by atoms with Crippen molar-refractivity contribution >= 4 is 28.7 Å². The highest BCUT2D eigenvalue weighted by Gasteiger charge is 2.09. The molecule has 2 amide bonds. The Morgan fingerprint density at radius 3 is 2.48 bits per heavy atom. The smallest absolute Gasteiger partial charge is 0.308 e. The molecule has 3 aromatic carbocycles. The van der Waals surface area contributed by atoms with Gasteiger partial charge in [-0.1, -0.05) is 67.6 Å². The van der Waals surface area contributed by atoms with Crippen LogP contribution in [-0.4, -0.2) is 11.0 Å². The monoisotopic (exact) mass is 399 g/mol. The maximum absolute atomic E-state index is 12.5. The minimum absolute atomic E-state index is 0.258. The van der Waals surface area contributed by atoms with E-state index in [1.54, 1.807) is 11.3 Å². The van der Waals surface area contributed by atoms with Crippen LogP contribution in [0.4, 0.5) is 16.2 Å². The van der Waals surface area contributed by atoms with Crippen LogP contribution in [0.25, 0.3) is 21.8 Å². The minimum Gasteiger partial charge on any atom is -0.308 e. The molecule has 4 rings (SSSR count). The number of urea groups is 1. The van der Waals surface area contributed by atoms with Gasteiger partial charge >= 0.3 is 6.03 Å². The van der Waals surface area contributed by atoms with Crippen molar-refractivity contribution < 1.29 is 4.79 Å². The second-order valence-corrected chi connectivity index (χ2v) is 7.43. The normalized spacial score (nSPS) is 10.5. The number of anilines is 2. The predicted octanol–water partition coefficient (Wildman–Crippen LogP) is 6.68. The summed E-state index contributed by atoms with van der Waals surface area (Å²) in [5.74, 6) is 0. The fourth-order valence-corrected chi connectivity index (χ4v) is 3.95. The molecule has 0 aliphatic heterocycles. The van der Waals surface area contributed by atoms with Crippen molar-refractivity contribution in [2.24, 2.45) is 0 Å². The maximum atomic E-state index is 12.5. The van der Waals surface area contributed by atoms with Gasteiger partial charge in [0, 0.05) is 27.9 Å². The molecule has 0 spiro atoms. The lowest BCUT2D eigenvalue weighted by atomic mass is 10.1. The second-order valence-electron chi connectivity index (χ2n) is 6.57. The zero-order chi connectivity index (χ0) is 20.1. The molecule has 29 heavy (non-hydrogen) atoms. The molecule has 1 aromatic heterocycles. The standard InChI is InChI=1S/C24H21N3OS/c1-2-17-9-6-7-14-21(17)27-24(28)25-20-13-8-12-19(15-20)22-16-29-23(26-22)18-10-4-3-5-11-18/h3-16H,2H2,1H3,(H2,25,27,28). The van der Waals surface area contributed by atoms with Gasteiger partial charge in [0.15, 0.2) is 0 Å². The lowest BCUT2D eigenvalue weighted by Gasteiger charge is -2.11. The number of amides is 2. The van der Waals surface area contributed by atoms with Gasteiger partial charge in [-0.15, -0.1) is 11.3 Å². The minimum atomic E-state index is -0.258. The molecule has 0 radical (unpaired) electrons. The number of benzene rings is 3. The Labute approximate surface area is 174 Å². The molecule has 5 heteroatoms. The summed E-state index contributed by atoms with van der Waals surface area (Å²) in [6.45, 7) is 2.07. The van der Waals surface area contributed by atoms with Gasteiger partial charge in [-0.25, -0.2) is 9.78 Å². The van der Waals surface area contributed by atoms with E-state index in [-0.39, 0.29) is 6.03 Å². The number of nitrogens with zero attached hydrogens (tertiary/aromatic N) is 1. The molecule has 0 bridgehead atoms. The van der Waals surface area contributed by atoms with E-state index in [0.29, 0.717) is 0 Å². The summed E-state index contributed by atoms with van der Waals surface area (Å²) in [4.78, 5) is 17.2. The molecule has 1 heterocycles. The molecule has 0 unspecified atom stereocenters. The molecule has 0 aliphatic carbocycles. The predicted molar refractivity (Wildman–Crippen MR) is 121 cm³/mol. The molecule has 4 nitrogen and oxygen atoms in total. The van der Waals surface area contributed by atoms with Gasteiger partial charge < -0.3 is 10.6 Å². The molecule has 0 fully saturated rings. The summed E-state index contributed by atoms with van der Waals surface area (Å²) in [5, 5.41) is 8.87. The molecule has 4 aromatic rings. The number of aryl methyl sites for hydroxylation is 1. The zero-order valence-electron chi connectivity index (χ0n) is 16.1. The third-order valence-electron chi connectivity index (χ3n) is 4.59. The number of hydrogen-bond donors (Lipinski definition) is 2. The Morgan fingerprint density at radius 1 is 0.897 bits per heavy atom. The lowest BCUT2D eigenvalue weighted by Crippen LogP contribution is -2.20. The van der Waals surface area contributed by atoms with Gasteiger partial charge in [0.2, 0.25) is 0 Å². The average Bonchev–Trinajstić information content (AvgIpc) is 3.25. The van der Waals surface area contributed by atoms with E-state index in [4.69, 9.17) is 4.98 Å². The Kier molecular flexibility index (Phi) is 5.68. The largest absolute Gasteiger partial charge is 0.323 e. The van der Waals surface area contributed by atoms with Crippen LogP contribution in [0.1, 0.15) is 12.5 Å². The van der Waals surface area contributed by atoms with Gasteiger partial charge in [-0.3, -0.25) is 0 Å². The van der Waals surface area contributed by atoms with Gasteiger partial charge in [0.05, 0.1) is 5.69 Å². The van der Waals surface area contributed by atoms with Crippen molar-refractivity contribution in [3.05, 3.63) is 89.8 Å². The van der Waals surface area contributed by atoms with Crippen LogP contribution in [0.15, 0.2) is 84.2 Å². The summed E-state index contributed by atoms with van der Waals surface area (Å²) in [6.07, 6.45) is 0.861. The van der Waals surface area contributed by atoms with Crippen molar-refractivity contribution in [1.29, 1.82) is 0 Å². The number of aromatic nitrogens is 1. The number of carbonyl (C=O) groups excluding carboxylic acids is 1. The summed E-state index contributed by atoms with van der Waals surface area (Å²) >= 11 is 1.61. The maximum Gasteiger partial charge on any atom is 0.323 e. The topological polar surface area (TPSA) is 54.0 Å². The summed E-state index contributed by atoms with van der Waals surface area (Å²) < 4.78 is 0.